The minimum Gasteiger partial charge on any atom is -0.331 e. The van der Waals surface area contributed by atoms with Crippen LogP contribution in [0.2, 0.25) is 0 Å². The molecule has 1 aliphatic rings. The molecule has 1 amide bonds. The highest BCUT2D eigenvalue weighted by Crippen LogP contribution is 2.30. The van der Waals surface area contributed by atoms with Crippen LogP contribution in [0.15, 0.2) is 48.5 Å². The van der Waals surface area contributed by atoms with E-state index < -0.39 is 11.6 Å². The summed E-state index contributed by atoms with van der Waals surface area (Å²) in [6, 6.07) is 12.7. The monoisotopic (exact) mass is 287 g/mol. The van der Waals surface area contributed by atoms with Crippen LogP contribution in [0.3, 0.4) is 0 Å². The van der Waals surface area contributed by atoms with Crippen molar-refractivity contribution in [2.24, 2.45) is 0 Å². The maximum Gasteiger partial charge on any atom is 0.254 e. The average molecular weight is 287 g/mol. The Hall–Kier alpha value is -2.23. The molecule has 0 N–H and O–H groups in total. The van der Waals surface area contributed by atoms with Gasteiger partial charge in [0, 0.05) is 24.2 Å². The molecular formula is C17H15F2NO. The Morgan fingerprint density at radius 3 is 2.24 bits per heavy atom. The van der Waals surface area contributed by atoms with E-state index in [9.17, 15) is 13.6 Å². The van der Waals surface area contributed by atoms with E-state index in [4.69, 9.17) is 0 Å². The first-order valence-corrected chi connectivity index (χ1v) is 6.94. The lowest BCUT2D eigenvalue weighted by atomic mass is 10.1. The standard InChI is InChI=1S/C17H15F2NO/c18-14-8-13(9-15(19)10-14)17(21)20(16-6-7-16)11-12-4-2-1-3-5-12/h1-5,8-10,16H,6-7,11H2. The van der Waals surface area contributed by atoms with E-state index in [1.165, 1.54) is 0 Å². The van der Waals surface area contributed by atoms with Crippen molar-refractivity contribution in [3.63, 3.8) is 0 Å². The van der Waals surface area contributed by atoms with Gasteiger partial charge in [0.2, 0.25) is 0 Å². The molecule has 0 radical (unpaired) electrons. The summed E-state index contributed by atoms with van der Waals surface area (Å²) >= 11 is 0. The van der Waals surface area contributed by atoms with E-state index >= 15 is 0 Å². The predicted octanol–water partition coefficient (Wildman–Crippen LogP) is 3.77. The average Bonchev–Trinajstić information content (AvgIpc) is 3.29. The highest BCUT2D eigenvalue weighted by molar-refractivity contribution is 5.94. The molecule has 0 unspecified atom stereocenters. The number of benzene rings is 2. The Kier molecular flexibility index (Phi) is 3.69. The molecule has 2 nitrogen and oxygen atoms in total. The quantitative estimate of drug-likeness (QED) is 0.838. The van der Waals surface area contributed by atoms with Crippen LogP contribution in [0.5, 0.6) is 0 Å². The van der Waals surface area contributed by atoms with Crippen molar-refractivity contribution >= 4 is 5.91 Å². The van der Waals surface area contributed by atoms with Gasteiger partial charge in [0.05, 0.1) is 0 Å². The lowest BCUT2D eigenvalue weighted by Crippen LogP contribution is -2.32. The fourth-order valence-electron chi connectivity index (χ4n) is 2.38. The van der Waals surface area contributed by atoms with Gasteiger partial charge in [0.1, 0.15) is 11.6 Å². The minimum absolute atomic E-state index is 0.0651. The largest absolute Gasteiger partial charge is 0.331 e. The second kappa shape index (κ2) is 5.64. The van der Waals surface area contributed by atoms with Crippen LogP contribution in [0, 0.1) is 11.6 Å². The first-order valence-electron chi connectivity index (χ1n) is 6.94. The van der Waals surface area contributed by atoms with Crippen LogP contribution < -0.4 is 0 Å². The van der Waals surface area contributed by atoms with E-state index in [2.05, 4.69) is 0 Å². The van der Waals surface area contributed by atoms with E-state index in [0.29, 0.717) is 6.54 Å². The SMILES string of the molecule is O=C(c1cc(F)cc(F)c1)N(Cc1ccccc1)C1CC1. The van der Waals surface area contributed by atoms with Crippen molar-refractivity contribution in [3.8, 4) is 0 Å². The van der Waals surface area contributed by atoms with Gasteiger partial charge in [-0.15, -0.1) is 0 Å². The van der Waals surface area contributed by atoms with Gasteiger partial charge in [0.15, 0.2) is 0 Å². The summed E-state index contributed by atoms with van der Waals surface area (Å²) in [5.74, 6) is -1.78. The number of nitrogens with zero attached hydrogens (tertiary/aromatic N) is 1. The molecule has 0 atom stereocenters. The lowest BCUT2D eigenvalue weighted by molar-refractivity contribution is 0.0729. The molecule has 108 valence electrons. The first kappa shape index (κ1) is 13.7. The summed E-state index contributed by atoms with van der Waals surface area (Å²) < 4.78 is 26.6. The van der Waals surface area contributed by atoms with E-state index in [0.717, 1.165) is 36.6 Å². The molecule has 0 spiro atoms. The maximum absolute atomic E-state index is 13.3. The summed E-state index contributed by atoms with van der Waals surface area (Å²) in [4.78, 5) is 14.2. The number of amides is 1. The summed E-state index contributed by atoms with van der Waals surface area (Å²) in [6.07, 6.45) is 1.88. The molecular weight excluding hydrogens is 272 g/mol. The second-order valence-electron chi connectivity index (χ2n) is 5.31. The molecule has 21 heavy (non-hydrogen) atoms. The Labute approximate surface area is 122 Å². The topological polar surface area (TPSA) is 20.3 Å². The van der Waals surface area contributed by atoms with Crippen LogP contribution in [0.1, 0.15) is 28.8 Å². The normalized spacial score (nSPS) is 14.0. The van der Waals surface area contributed by atoms with Crippen LogP contribution in [-0.2, 0) is 6.54 Å². The number of hydrogen-bond acceptors (Lipinski definition) is 1. The first-order chi connectivity index (χ1) is 10.1. The summed E-state index contributed by atoms with van der Waals surface area (Å²) in [6.45, 7) is 0.461. The van der Waals surface area contributed by atoms with Crippen molar-refractivity contribution in [1.29, 1.82) is 0 Å². The zero-order valence-corrected chi connectivity index (χ0v) is 11.4. The van der Waals surface area contributed by atoms with Crippen LogP contribution in [0.4, 0.5) is 8.78 Å². The van der Waals surface area contributed by atoms with Gasteiger partial charge in [-0.05, 0) is 30.5 Å². The Balaban J connectivity index is 1.85. The summed E-state index contributed by atoms with van der Waals surface area (Å²) in [5.41, 5.74) is 1.07. The fraction of sp³-hybridized carbons (Fsp3) is 0.235. The van der Waals surface area contributed by atoms with Crippen LogP contribution >= 0.6 is 0 Å². The molecule has 0 bridgehead atoms. The third-order valence-corrected chi connectivity index (χ3v) is 3.55. The molecule has 1 saturated carbocycles. The number of carbonyl (C=O) groups excluding carboxylic acids is 1. The molecule has 0 aromatic heterocycles. The number of halogens is 2. The molecule has 0 heterocycles. The van der Waals surface area contributed by atoms with Gasteiger partial charge < -0.3 is 4.90 Å². The molecule has 1 fully saturated rings. The van der Waals surface area contributed by atoms with Crippen LogP contribution in [-0.4, -0.2) is 16.8 Å². The third kappa shape index (κ3) is 3.27. The molecule has 2 aromatic rings. The van der Waals surface area contributed by atoms with Gasteiger partial charge >= 0.3 is 0 Å². The highest BCUT2D eigenvalue weighted by Gasteiger charge is 2.33. The molecule has 3 rings (SSSR count). The van der Waals surface area contributed by atoms with Gasteiger partial charge in [-0.25, -0.2) is 8.78 Å². The predicted molar refractivity (Wildman–Crippen MR) is 75.7 cm³/mol. The maximum atomic E-state index is 13.3. The van der Waals surface area contributed by atoms with E-state index in [1.807, 2.05) is 30.3 Å². The zero-order valence-electron chi connectivity index (χ0n) is 11.4. The molecule has 4 heteroatoms. The third-order valence-electron chi connectivity index (χ3n) is 3.55. The Morgan fingerprint density at radius 2 is 1.67 bits per heavy atom. The van der Waals surface area contributed by atoms with Crippen LogP contribution in [0.25, 0.3) is 0 Å². The number of rotatable bonds is 4. The second-order valence-corrected chi connectivity index (χ2v) is 5.31. The van der Waals surface area contributed by atoms with Gasteiger partial charge in [-0.3, -0.25) is 4.79 Å². The molecule has 1 aliphatic carbocycles. The van der Waals surface area contributed by atoms with Crippen molar-refractivity contribution < 1.29 is 13.6 Å². The van der Waals surface area contributed by atoms with E-state index in [-0.39, 0.29) is 17.5 Å². The Bertz CT molecular complexity index is 633. The number of hydrogen-bond donors (Lipinski definition) is 0. The van der Waals surface area contributed by atoms with Crippen molar-refractivity contribution in [2.45, 2.75) is 25.4 Å². The molecule has 0 aliphatic heterocycles. The van der Waals surface area contributed by atoms with Gasteiger partial charge in [0.25, 0.3) is 5.91 Å². The minimum atomic E-state index is -0.728. The van der Waals surface area contributed by atoms with Gasteiger partial charge in [-0.2, -0.15) is 0 Å². The van der Waals surface area contributed by atoms with Gasteiger partial charge in [-0.1, -0.05) is 30.3 Å². The highest BCUT2D eigenvalue weighted by atomic mass is 19.1. The molecule has 2 aromatic carbocycles. The Morgan fingerprint density at radius 1 is 1.05 bits per heavy atom. The molecule has 0 saturated heterocycles. The summed E-state index contributed by atoms with van der Waals surface area (Å²) in [7, 11) is 0. The summed E-state index contributed by atoms with van der Waals surface area (Å²) in [5, 5.41) is 0. The van der Waals surface area contributed by atoms with Crippen molar-refractivity contribution in [1.82, 2.24) is 4.90 Å². The smallest absolute Gasteiger partial charge is 0.254 e. The zero-order chi connectivity index (χ0) is 14.8. The van der Waals surface area contributed by atoms with E-state index in [1.54, 1.807) is 4.90 Å². The fourth-order valence-corrected chi connectivity index (χ4v) is 2.38. The van der Waals surface area contributed by atoms with Crippen molar-refractivity contribution in [3.05, 3.63) is 71.3 Å². The number of carbonyl (C=O) groups is 1. The lowest BCUT2D eigenvalue weighted by Gasteiger charge is -2.22. The van der Waals surface area contributed by atoms with Crippen molar-refractivity contribution in [2.75, 3.05) is 0 Å².